The Morgan fingerprint density at radius 2 is 1.70 bits per heavy atom. The van der Waals surface area contributed by atoms with Crippen molar-refractivity contribution in [2.24, 2.45) is 0 Å². The van der Waals surface area contributed by atoms with Crippen LogP contribution in [0, 0.1) is 0 Å². The molecule has 3 aromatic rings. The van der Waals surface area contributed by atoms with Crippen molar-refractivity contribution in [3.05, 3.63) is 40.6 Å². The van der Waals surface area contributed by atoms with E-state index in [1.807, 2.05) is 0 Å². The smallest absolute Gasteiger partial charge is 0.239 e. The molecule has 8 N–H and O–H groups in total. The fourth-order valence-corrected chi connectivity index (χ4v) is 3.54. The van der Waals surface area contributed by atoms with Crippen LogP contribution in [0.25, 0.3) is 22.3 Å². The number of aliphatic hydroxyl groups is 4. The van der Waals surface area contributed by atoms with Crippen molar-refractivity contribution in [3.63, 3.8) is 0 Å². The van der Waals surface area contributed by atoms with Crippen LogP contribution in [0.3, 0.4) is 0 Å². The summed E-state index contributed by atoms with van der Waals surface area (Å²) in [4.78, 5) is 13.2. The zero-order valence-electron chi connectivity index (χ0n) is 16.7. The van der Waals surface area contributed by atoms with Gasteiger partial charge in [-0.1, -0.05) is 0 Å². The summed E-state index contributed by atoms with van der Waals surface area (Å²) in [6.45, 7) is -0.783. The van der Waals surface area contributed by atoms with Crippen LogP contribution < -0.4 is 10.2 Å². The van der Waals surface area contributed by atoms with Crippen molar-refractivity contribution in [3.8, 4) is 40.1 Å². The van der Waals surface area contributed by atoms with Crippen LogP contribution in [-0.4, -0.2) is 78.2 Å². The van der Waals surface area contributed by atoms with Crippen LogP contribution in [0.2, 0.25) is 0 Å². The Bertz CT molecular complexity index is 1250. The molecule has 1 aliphatic heterocycles. The Morgan fingerprint density at radius 1 is 0.970 bits per heavy atom. The molecular formula is C21H20O12. The molecule has 0 radical (unpaired) electrons. The number of benzene rings is 2. The molecule has 1 aliphatic rings. The van der Waals surface area contributed by atoms with E-state index in [4.69, 9.17) is 19.0 Å². The minimum Gasteiger partial charge on any atom is -0.508 e. The van der Waals surface area contributed by atoms with Gasteiger partial charge in [-0.15, -0.1) is 0 Å². The van der Waals surface area contributed by atoms with E-state index in [0.29, 0.717) is 0 Å². The monoisotopic (exact) mass is 464 g/mol. The SMILES string of the molecule is O=c1c(O[C@H]2O[C@@H]([C@@H](O)CO)[C@H](O)[C@H]2O)c(-c2ccc(O)c(O)c2)oc2cc(O)cc(O)c12. The predicted molar refractivity (Wildman–Crippen MR) is 109 cm³/mol. The average Bonchev–Trinajstić information content (AvgIpc) is 3.04. The molecule has 0 spiro atoms. The predicted octanol–water partition coefficient (Wildman–Crippen LogP) is -0.539. The maximum absolute atomic E-state index is 13.2. The molecule has 0 saturated carbocycles. The molecule has 33 heavy (non-hydrogen) atoms. The summed E-state index contributed by atoms with van der Waals surface area (Å²) in [6.07, 6.45) is -8.11. The second kappa shape index (κ2) is 8.42. The summed E-state index contributed by atoms with van der Waals surface area (Å²) in [5.41, 5.74) is -1.16. The zero-order valence-corrected chi connectivity index (χ0v) is 16.7. The molecule has 0 amide bonds. The lowest BCUT2D eigenvalue weighted by molar-refractivity contribution is -0.137. The molecule has 0 bridgehead atoms. The quantitative estimate of drug-likeness (QED) is 0.224. The van der Waals surface area contributed by atoms with Crippen LogP contribution in [0.1, 0.15) is 0 Å². The van der Waals surface area contributed by atoms with Gasteiger partial charge in [0.1, 0.15) is 46.9 Å². The first-order valence-corrected chi connectivity index (χ1v) is 9.64. The maximum atomic E-state index is 13.2. The van der Waals surface area contributed by atoms with Crippen LogP contribution in [0.5, 0.6) is 28.7 Å². The third-order valence-electron chi connectivity index (χ3n) is 5.21. The fourth-order valence-electron chi connectivity index (χ4n) is 3.54. The molecule has 12 nitrogen and oxygen atoms in total. The summed E-state index contributed by atoms with van der Waals surface area (Å²) < 4.78 is 16.5. The number of hydrogen-bond acceptors (Lipinski definition) is 12. The molecule has 5 atom stereocenters. The van der Waals surface area contributed by atoms with E-state index in [0.717, 1.165) is 24.3 Å². The highest BCUT2D eigenvalue weighted by molar-refractivity contribution is 5.88. The van der Waals surface area contributed by atoms with Gasteiger partial charge in [-0.25, -0.2) is 0 Å². The third-order valence-corrected chi connectivity index (χ3v) is 5.21. The minimum atomic E-state index is -1.75. The number of fused-ring (bicyclic) bond motifs is 1. The molecular weight excluding hydrogens is 444 g/mol. The highest BCUT2D eigenvalue weighted by Crippen LogP contribution is 2.39. The lowest BCUT2D eigenvalue weighted by atomic mass is 10.1. The van der Waals surface area contributed by atoms with Crippen LogP contribution in [0.4, 0.5) is 0 Å². The lowest BCUT2D eigenvalue weighted by Crippen LogP contribution is -2.40. The summed E-state index contributed by atoms with van der Waals surface area (Å²) in [7, 11) is 0. The Labute approximate surface area is 184 Å². The maximum Gasteiger partial charge on any atom is 0.239 e. The third kappa shape index (κ3) is 3.90. The molecule has 2 aromatic carbocycles. The van der Waals surface area contributed by atoms with Gasteiger partial charge in [0, 0.05) is 17.7 Å². The number of aromatic hydroxyl groups is 4. The molecule has 12 heteroatoms. The highest BCUT2D eigenvalue weighted by Gasteiger charge is 2.47. The van der Waals surface area contributed by atoms with E-state index in [-0.39, 0.29) is 22.3 Å². The Morgan fingerprint density at radius 3 is 2.36 bits per heavy atom. The fraction of sp³-hybridized carbons (Fsp3) is 0.286. The summed E-state index contributed by atoms with van der Waals surface area (Å²) in [5.74, 6) is -3.00. The topological polar surface area (TPSA) is 211 Å². The number of rotatable bonds is 5. The second-order valence-electron chi connectivity index (χ2n) is 7.45. The summed E-state index contributed by atoms with van der Waals surface area (Å²) in [5, 5.41) is 78.3. The van der Waals surface area contributed by atoms with Gasteiger partial charge in [-0.3, -0.25) is 4.79 Å². The van der Waals surface area contributed by atoms with Gasteiger partial charge in [-0.05, 0) is 18.2 Å². The molecule has 1 aromatic heterocycles. The average molecular weight is 464 g/mol. The number of phenols is 4. The molecule has 4 rings (SSSR count). The van der Waals surface area contributed by atoms with Crippen molar-refractivity contribution < 1.29 is 54.7 Å². The molecule has 176 valence electrons. The number of ether oxygens (including phenoxy) is 2. The molecule has 2 heterocycles. The van der Waals surface area contributed by atoms with Gasteiger partial charge in [0.05, 0.1) is 6.61 Å². The lowest BCUT2D eigenvalue weighted by Gasteiger charge is -2.19. The Balaban J connectivity index is 1.88. The van der Waals surface area contributed by atoms with Crippen molar-refractivity contribution >= 4 is 11.0 Å². The molecule has 0 unspecified atom stereocenters. The van der Waals surface area contributed by atoms with Gasteiger partial charge in [0.25, 0.3) is 0 Å². The van der Waals surface area contributed by atoms with Crippen molar-refractivity contribution in [1.29, 1.82) is 0 Å². The van der Waals surface area contributed by atoms with Crippen molar-refractivity contribution in [1.82, 2.24) is 0 Å². The second-order valence-corrected chi connectivity index (χ2v) is 7.45. The first-order valence-electron chi connectivity index (χ1n) is 9.64. The standard InChI is InChI=1S/C21H20O12/c22-6-12(27)19-16(29)17(30)21(32-19)33-20-15(28)14-11(26)4-8(23)5-13(14)31-18(20)7-1-2-9(24)10(25)3-7/h1-5,12,16-17,19,21-27,29-30H,6H2/t12-,16+,17+,19-,21+/m0/s1. The first-order chi connectivity index (χ1) is 15.6. The summed E-state index contributed by atoms with van der Waals surface area (Å²) >= 11 is 0. The minimum absolute atomic E-state index is 0.0297. The van der Waals surface area contributed by atoms with E-state index in [2.05, 4.69) is 0 Å². The number of aliphatic hydroxyl groups excluding tert-OH is 4. The van der Waals surface area contributed by atoms with Crippen LogP contribution in [-0.2, 0) is 4.74 Å². The van der Waals surface area contributed by atoms with E-state index in [1.54, 1.807) is 0 Å². The molecule has 1 fully saturated rings. The van der Waals surface area contributed by atoms with E-state index in [9.17, 15) is 40.5 Å². The van der Waals surface area contributed by atoms with Gasteiger partial charge in [0.15, 0.2) is 17.3 Å². The van der Waals surface area contributed by atoms with E-state index < -0.39 is 71.5 Å². The van der Waals surface area contributed by atoms with Gasteiger partial charge in [0.2, 0.25) is 17.5 Å². The highest BCUT2D eigenvalue weighted by atomic mass is 16.7. The Kier molecular flexibility index (Phi) is 5.78. The zero-order chi connectivity index (χ0) is 24.0. The van der Waals surface area contributed by atoms with Crippen molar-refractivity contribution in [2.45, 2.75) is 30.7 Å². The van der Waals surface area contributed by atoms with Gasteiger partial charge in [-0.2, -0.15) is 0 Å². The number of hydrogen-bond donors (Lipinski definition) is 8. The van der Waals surface area contributed by atoms with Crippen molar-refractivity contribution in [2.75, 3.05) is 6.61 Å². The van der Waals surface area contributed by atoms with E-state index in [1.165, 1.54) is 6.07 Å². The normalized spacial score (nSPS) is 23.6. The van der Waals surface area contributed by atoms with Gasteiger partial charge < -0.3 is 54.7 Å². The molecule has 0 aliphatic carbocycles. The van der Waals surface area contributed by atoms with E-state index >= 15 is 0 Å². The largest absolute Gasteiger partial charge is 0.508 e. The van der Waals surface area contributed by atoms with Crippen LogP contribution >= 0.6 is 0 Å². The first kappa shape index (κ1) is 22.6. The van der Waals surface area contributed by atoms with Gasteiger partial charge >= 0.3 is 0 Å². The summed E-state index contributed by atoms with van der Waals surface area (Å²) in [6, 6.07) is 5.38. The Hall–Kier alpha value is -3.55. The number of phenolic OH excluding ortho intramolecular Hbond substituents is 4. The molecule has 1 saturated heterocycles. The van der Waals surface area contributed by atoms with Crippen LogP contribution in [0.15, 0.2) is 39.5 Å².